The van der Waals surface area contributed by atoms with E-state index in [1.54, 1.807) is 6.20 Å². The predicted molar refractivity (Wildman–Crippen MR) is 77.5 cm³/mol. The first-order valence-corrected chi connectivity index (χ1v) is 6.78. The van der Waals surface area contributed by atoms with Crippen LogP contribution in [0.25, 0.3) is 0 Å². The van der Waals surface area contributed by atoms with E-state index >= 15 is 0 Å². The van der Waals surface area contributed by atoms with Crippen molar-refractivity contribution in [1.82, 2.24) is 10.3 Å². The van der Waals surface area contributed by atoms with Gasteiger partial charge in [0.2, 0.25) is 5.91 Å². The Bertz CT molecular complexity index is 453. The van der Waals surface area contributed by atoms with Gasteiger partial charge >= 0.3 is 0 Å². The van der Waals surface area contributed by atoms with Crippen molar-refractivity contribution in [2.75, 3.05) is 30.9 Å². The summed E-state index contributed by atoms with van der Waals surface area (Å²) in [5.74, 6) is 0.823. The Morgan fingerprint density at radius 3 is 2.95 bits per heavy atom. The molecule has 1 atom stereocenters. The first-order valence-electron chi connectivity index (χ1n) is 6.78. The fourth-order valence-electron chi connectivity index (χ4n) is 2.56. The average Bonchev–Trinajstić information content (AvgIpc) is 2.89. The maximum absolute atomic E-state index is 12.5. The van der Waals surface area contributed by atoms with Crippen LogP contribution in [0.3, 0.4) is 0 Å². The summed E-state index contributed by atoms with van der Waals surface area (Å²) in [6.45, 7) is 2.96. The number of carbonyl (C=O) groups excluding carboxylic acids is 1. The second kappa shape index (κ2) is 5.57. The lowest BCUT2D eigenvalue weighted by Gasteiger charge is -2.27. The minimum Gasteiger partial charge on any atom is -0.361 e. The lowest BCUT2D eigenvalue weighted by atomic mass is 9.93. The van der Waals surface area contributed by atoms with E-state index in [2.05, 4.69) is 15.6 Å². The van der Waals surface area contributed by atoms with Gasteiger partial charge in [-0.2, -0.15) is 0 Å². The SMILES string of the molecule is CCC1(C(=O)Nc2cccnc2N(C)C)CCCN1. The summed E-state index contributed by atoms with van der Waals surface area (Å²) >= 11 is 0. The minimum atomic E-state index is -0.417. The molecular weight excluding hydrogens is 240 g/mol. The number of amides is 1. The van der Waals surface area contributed by atoms with Gasteiger partial charge in [-0.3, -0.25) is 4.79 Å². The first kappa shape index (κ1) is 13.8. The molecule has 0 spiro atoms. The van der Waals surface area contributed by atoms with E-state index in [9.17, 15) is 4.79 Å². The third kappa shape index (κ3) is 2.71. The number of nitrogens with one attached hydrogen (secondary N) is 2. The zero-order valence-corrected chi connectivity index (χ0v) is 11.9. The van der Waals surface area contributed by atoms with Gasteiger partial charge in [-0.25, -0.2) is 4.98 Å². The highest BCUT2D eigenvalue weighted by Crippen LogP contribution is 2.27. The Hall–Kier alpha value is -1.62. The Morgan fingerprint density at radius 1 is 1.58 bits per heavy atom. The van der Waals surface area contributed by atoms with E-state index in [4.69, 9.17) is 0 Å². The van der Waals surface area contributed by atoms with Crippen LogP contribution >= 0.6 is 0 Å². The number of pyridine rings is 1. The van der Waals surface area contributed by atoms with Crippen LogP contribution in [0.1, 0.15) is 26.2 Å². The summed E-state index contributed by atoms with van der Waals surface area (Å²) in [4.78, 5) is 18.7. The standard InChI is InChI=1S/C14H22N4O/c1-4-14(8-6-10-16-14)13(19)17-11-7-5-9-15-12(11)18(2)3/h5,7,9,16H,4,6,8,10H2,1-3H3,(H,17,19). The van der Waals surface area contributed by atoms with Crippen LogP contribution in [0.4, 0.5) is 11.5 Å². The van der Waals surface area contributed by atoms with Crippen molar-refractivity contribution in [1.29, 1.82) is 0 Å². The van der Waals surface area contributed by atoms with Crippen molar-refractivity contribution in [2.24, 2.45) is 0 Å². The summed E-state index contributed by atoms with van der Waals surface area (Å²) in [5.41, 5.74) is 0.346. The molecule has 2 N–H and O–H groups in total. The molecule has 2 heterocycles. The minimum absolute atomic E-state index is 0.0450. The molecule has 0 aromatic carbocycles. The molecular formula is C14H22N4O. The second-order valence-corrected chi connectivity index (χ2v) is 5.19. The van der Waals surface area contributed by atoms with E-state index in [0.29, 0.717) is 0 Å². The lowest BCUT2D eigenvalue weighted by molar-refractivity contribution is -0.122. The summed E-state index contributed by atoms with van der Waals surface area (Å²) < 4.78 is 0. The summed E-state index contributed by atoms with van der Waals surface area (Å²) in [7, 11) is 3.84. The molecule has 0 bridgehead atoms. The summed E-state index contributed by atoms with van der Waals surface area (Å²) in [6.07, 6.45) is 4.48. The van der Waals surface area contributed by atoms with Crippen LogP contribution in [0.2, 0.25) is 0 Å². The van der Waals surface area contributed by atoms with Gasteiger partial charge in [0.1, 0.15) is 0 Å². The second-order valence-electron chi connectivity index (χ2n) is 5.19. The fourth-order valence-corrected chi connectivity index (χ4v) is 2.56. The number of anilines is 2. The Labute approximate surface area is 114 Å². The highest BCUT2D eigenvalue weighted by atomic mass is 16.2. The van der Waals surface area contributed by atoms with Gasteiger partial charge in [-0.1, -0.05) is 6.92 Å². The number of hydrogen-bond acceptors (Lipinski definition) is 4. The Morgan fingerprint density at radius 2 is 2.37 bits per heavy atom. The normalized spacial score (nSPS) is 22.3. The Balaban J connectivity index is 2.19. The van der Waals surface area contributed by atoms with Gasteiger partial charge in [0.25, 0.3) is 0 Å². The van der Waals surface area contributed by atoms with Crippen LogP contribution in [-0.2, 0) is 4.79 Å². The Kier molecular flexibility index (Phi) is 4.04. The molecule has 5 heteroatoms. The van der Waals surface area contributed by atoms with E-state index in [1.807, 2.05) is 38.1 Å². The maximum Gasteiger partial charge on any atom is 0.244 e. The van der Waals surface area contributed by atoms with Crippen LogP contribution in [0, 0.1) is 0 Å². The molecule has 5 nitrogen and oxygen atoms in total. The van der Waals surface area contributed by atoms with Crippen LogP contribution in [-0.4, -0.2) is 37.1 Å². The fraction of sp³-hybridized carbons (Fsp3) is 0.571. The molecule has 1 unspecified atom stereocenters. The first-order chi connectivity index (χ1) is 9.09. The maximum atomic E-state index is 12.5. The predicted octanol–water partition coefficient (Wildman–Crippen LogP) is 1.62. The molecule has 0 aliphatic carbocycles. The molecule has 0 radical (unpaired) electrons. The number of aromatic nitrogens is 1. The van der Waals surface area contributed by atoms with Crippen molar-refractivity contribution in [3.63, 3.8) is 0 Å². The highest BCUT2D eigenvalue weighted by Gasteiger charge is 2.39. The van der Waals surface area contributed by atoms with Crippen molar-refractivity contribution >= 4 is 17.4 Å². The van der Waals surface area contributed by atoms with Crippen LogP contribution in [0.15, 0.2) is 18.3 Å². The van der Waals surface area contributed by atoms with Crippen molar-refractivity contribution in [3.8, 4) is 0 Å². The highest BCUT2D eigenvalue weighted by molar-refractivity contribution is 6.00. The van der Waals surface area contributed by atoms with Crippen LogP contribution in [0.5, 0.6) is 0 Å². The smallest absolute Gasteiger partial charge is 0.244 e. The number of carbonyl (C=O) groups is 1. The molecule has 1 fully saturated rings. The number of rotatable bonds is 4. The van der Waals surface area contributed by atoms with Gasteiger partial charge in [0.05, 0.1) is 11.2 Å². The topological polar surface area (TPSA) is 57.3 Å². The van der Waals surface area contributed by atoms with Crippen molar-refractivity contribution in [2.45, 2.75) is 31.7 Å². The number of nitrogens with zero attached hydrogens (tertiary/aromatic N) is 2. The quantitative estimate of drug-likeness (QED) is 0.865. The molecule has 1 aliphatic rings. The average molecular weight is 262 g/mol. The molecule has 19 heavy (non-hydrogen) atoms. The monoisotopic (exact) mass is 262 g/mol. The molecule has 1 amide bonds. The van der Waals surface area contributed by atoms with Crippen molar-refractivity contribution in [3.05, 3.63) is 18.3 Å². The zero-order chi connectivity index (χ0) is 13.9. The van der Waals surface area contributed by atoms with Gasteiger partial charge in [-0.15, -0.1) is 0 Å². The summed E-state index contributed by atoms with van der Waals surface area (Å²) in [5, 5.41) is 6.36. The lowest BCUT2D eigenvalue weighted by Crippen LogP contribution is -2.50. The van der Waals surface area contributed by atoms with Gasteiger partial charge < -0.3 is 15.5 Å². The van der Waals surface area contributed by atoms with Crippen LogP contribution < -0.4 is 15.5 Å². The molecule has 1 aromatic rings. The van der Waals surface area contributed by atoms with Gasteiger partial charge in [-0.05, 0) is 37.9 Å². The van der Waals surface area contributed by atoms with Crippen molar-refractivity contribution < 1.29 is 4.79 Å². The molecule has 2 rings (SSSR count). The van der Waals surface area contributed by atoms with E-state index < -0.39 is 5.54 Å². The molecule has 0 saturated carbocycles. The third-order valence-electron chi connectivity index (χ3n) is 3.74. The summed E-state index contributed by atoms with van der Waals surface area (Å²) in [6, 6.07) is 3.72. The van der Waals surface area contributed by atoms with Gasteiger partial charge in [0.15, 0.2) is 5.82 Å². The van der Waals surface area contributed by atoms with E-state index in [1.165, 1.54) is 0 Å². The van der Waals surface area contributed by atoms with E-state index in [-0.39, 0.29) is 5.91 Å². The largest absolute Gasteiger partial charge is 0.361 e. The number of hydrogen-bond donors (Lipinski definition) is 2. The molecule has 1 saturated heterocycles. The zero-order valence-electron chi connectivity index (χ0n) is 11.9. The van der Waals surface area contributed by atoms with Gasteiger partial charge in [0, 0.05) is 20.3 Å². The molecule has 1 aliphatic heterocycles. The molecule has 1 aromatic heterocycles. The third-order valence-corrected chi connectivity index (χ3v) is 3.74. The van der Waals surface area contributed by atoms with E-state index in [0.717, 1.165) is 37.3 Å². The molecule has 104 valence electrons.